The third kappa shape index (κ3) is 3.00. The van der Waals surface area contributed by atoms with E-state index in [0.29, 0.717) is 18.2 Å². The Morgan fingerprint density at radius 3 is 2.67 bits per heavy atom. The van der Waals surface area contributed by atoms with Crippen LogP contribution < -0.4 is 0 Å². The van der Waals surface area contributed by atoms with Gasteiger partial charge in [0.1, 0.15) is 6.10 Å². The second-order valence-corrected chi connectivity index (χ2v) is 5.60. The average molecular weight is 287 g/mol. The molecular weight excluding hydrogens is 266 g/mol. The van der Waals surface area contributed by atoms with Gasteiger partial charge < -0.3 is 9.47 Å². The third-order valence-electron chi connectivity index (χ3n) is 4.18. The number of benzene rings is 1. The van der Waals surface area contributed by atoms with Crippen LogP contribution in [0.3, 0.4) is 0 Å². The topological polar surface area (TPSA) is 47.9 Å². The van der Waals surface area contributed by atoms with Crippen LogP contribution >= 0.6 is 0 Å². The fourth-order valence-corrected chi connectivity index (χ4v) is 3.13. The molecule has 4 nitrogen and oxygen atoms in total. The van der Waals surface area contributed by atoms with Gasteiger partial charge in [-0.05, 0) is 25.3 Å². The monoisotopic (exact) mass is 287 g/mol. The maximum Gasteiger partial charge on any atom is 0.355 e. The van der Waals surface area contributed by atoms with Gasteiger partial charge in [0.15, 0.2) is 11.9 Å². The first-order valence-corrected chi connectivity index (χ1v) is 7.75. The molecule has 2 atom stereocenters. The maximum atomic E-state index is 12.2. The average Bonchev–Trinajstić information content (AvgIpc) is 3.17. The quantitative estimate of drug-likeness (QED) is 0.798. The Hall–Kier alpha value is -1.68. The van der Waals surface area contributed by atoms with Crippen LogP contribution in [-0.2, 0) is 14.3 Å². The Morgan fingerprint density at radius 2 is 2.00 bits per heavy atom. The van der Waals surface area contributed by atoms with Crippen LogP contribution in [0.1, 0.15) is 44.3 Å². The summed E-state index contributed by atoms with van der Waals surface area (Å²) in [6, 6.07) is 9.79. The summed E-state index contributed by atoms with van der Waals surface area (Å²) in [5.74, 6) is 0.0787. The molecule has 3 rings (SSSR count). The first-order chi connectivity index (χ1) is 10.3. The predicted octanol–water partition coefficient (Wildman–Crippen LogP) is 3.28. The zero-order valence-electron chi connectivity index (χ0n) is 12.3. The fraction of sp³-hybridized carbons (Fsp3) is 0.529. The van der Waals surface area contributed by atoms with Crippen LogP contribution in [0.25, 0.3) is 0 Å². The van der Waals surface area contributed by atoms with Crippen LogP contribution in [0, 0.1) is 5.92 Å². The van der Waals surface area contributed by atoms with E-state index < -0.39 is 6.10 Å². The molecule has 0 N–H and O–H groups in total. The van der Waals surface area contributed by atoms with Gasteiger partial charge in [0.25, 0.3) is 0 Å². The first-order valence-electron chi connectivity index (χ1n) is 7.75. The van der Waals surface area contributed by atoms with Crippen molar-refractivity contribution in [3.05, 3.63) is 35.9 Å². The second kappa shape index (κ2) is 6.39. The van der Waals surface area contributed by atoms with Crippen molar-refractivity contribution in [2.24, 2.45) is 10.9 Å². The van der Waals surface area contributed by atoms with Gasteiger partial charge >= 0.3 is 5.97 Å². The smallest absolute Gasteiger partial charge is 0.355 e. The number of carbonyl (C=O) groups is 1. The van der Waals surface area contributed by atoms with Crippen molar-refractivity contribution in [3.8, 4) is 0 Å². The van der Waals surface area contributed by atoms with Crippen molar-refractivity contribution in [1.29, 1.82) is 0 Å². The molecule has 0 saturated heterocycles. The van der Waals surface area contributed by atoms with Crippen molar-refractivity contribution in [2.45, 2.75) is 44.9 Å². The highest BCUT2D eigenvalue weighted by atomic mass is 16.5. The Balaban J connectivity index is 1.84. The minimum Gasteiger partial charge on any atom is -0.461 e. The molecule has 2 aliphatic rings. The predicted molar refractivity (Wildman–Crippen MR) is 80.1 cm³/mol. The summed E-state index contributed by atoms with van der Waals surface area (Å²) in [6.07, 6.45) is 4.13. The Bertz CT molecular complexity index is 520. The molecule has 0 amide bonds. The summed E-state index contributed by atoms with van der Waals surface area (Å²) in [4.78, 5) is 16.7. The van der Waals surface area contributed by atoms with E-state index >= 15 is 0 Å². The van der Waals surface area contributed by atoms with Crippen molar-refractivity contribution >= 4 is 11.7 Å². The molecule has 1 heterocycles. The summed E-state index contributed by atoms with van der Waals surface area (Å²) in [6.45, 7) is 2.16. The summed E-state index contributed by atoms with van der Waals surface area (Å²) >= 11 is 0. The number of aliphatic imine (C=N–C) groups is 1. The number of hydrogen-bond donors (Lipinski definition) is 0. The molecule has 0 bridgehead atoms. The molecule has 21 heavy (non-hydrogen) atoms. The molecule has 0 aromatic heterocycles. The molecule has 1 aromatic rings. The van der Waals surface area contributed by atoms with Gasteiger partial charge in [0.2, 0.25) is 0 Å². The molecular formula is C17H21NO3. The van der Waals surface area contributed by atoms with E-state index in [1.807, 2.05) is 30.3 Å². The van der Waals surface area contributed by atoms with Crippen LogP contribution in [0.15, 0.2) is 35.3 Å². The molecule has 0 unspecified atom stereocenters. The lowest BCUT2D eigenvalue weighted by molar-refractivity contribution is -0.135. The summed E-state index contributed by atoms with van der Waals surface area (Å²) in [7, 11) is 0. The summed E-state index contributed by atoms with van der Waals surface area (Å²) in [5.41, 5.74) is 1.38. The second-order valence-electron chi connectivity index (χ2n) is 5.60. The van der Waals surface area contributed by atoms with E-state index in [1.54, 1.807) is 6.92 Å². The van der Waals surface area contributed by atoms with E-state index in [2.05, 4.69) is 4.99 Å². The van der Waals surface area contributed by atoms with Gasteiger partial charge in [0, 0.05) is 5.92 Å². The molecule has 1 saturated carbocycles. The standard InChI is InChI=1S/C17H21NO3/c1-2-20-17(19)14-15(12-8-4-3-5-9-12)21-16(18-14)13-10-6-7-11-13/h3-5,8-9,13,15-16H,2,6-7,10-11H2,1H3/t15-,16-/m1/s1. The summed E-state index contributed by atoms with van der Waals surface area (Å²) < 4.78 is 11.2. The lowest BCUT2D eigenvalue weighted by Gasteiger charge is -2.18. The van der Waals surface area contributed by atoms with Crippen LogP contribution in [0.5, 0.6) is 0 Å². The zero-order valence-corrected chi connectivity index (χ0v) is 12.3. The number of ether oxygens (including phenoxy) is 2. The first kappa shape index (κ1) is 14.3. The van der Waals surface area contributed by atoms with Crippen molar-refractivity contribution in [1.82, 2.24) is 0 Å². The lowest BCUT2D eigenvalue weighted by Crippen LogP contribution is -2.23. The maximum absolute atomic E-state index is 12.2. The van der Waals surface area contributed by atoms with Crippen molar-refractivity contribution in [3.63, 3.8) is 0 Å². The number of carbonyl (C=O) groups excluding carboxylic acids is 1. The number of esters is 1. The van der Waals surface area contributed by atoms with Crippen LogP contribution in [0.4, 0.5) is 0 Å². The van der Waals surface area contributed by atoms with Gasteiger partial charge in [-0.3, -0.25) is 0 Å². The van der Waals surface area contributed by atoms with E-state index in [9.17, 15) is 4.79 Å². The molecule has 0 radical (unpaired) electrons. The van der Waals surface area contributed by atoms with E-state index in [-0.39, 0.29) is 12.2 Å². The van der Waals surface area contributed by atoms with Crippen LogP contribution in [0.2, 0.25) is 0 Å². The molecule has 112 valence electrons. The van der Waals surface area contributed by atoms with Gasteiger partial charge in [-0.2, -0.15) is 0 Å². The lowest BCUT2D eigenvalue weighted by atomic mass is 10.1. The third-order valence-corrected chi connectivity index (χ3v) is 4.18. The molecule has 4 heteroatoms. The molecule has 1 fully saturated rings. The minimum absolute atomic E-state index is 0.197. The van der Waals surface area contributed by atoms with E-state index in [4.69, 9.17) is 9.47 Å². The van der Waals surface area contributed by atoms with E-state index in [0.717, 1.165) is 18.4 Å². The zero-order chi connectivity index (χ0) is 14.7. The Labute approximate surface area is 125 Å². The van der Waals surface area contributed by atoms with Gasteiger partial charge in [-0.1, -0.05) is 43.2 Å². The fourth-order valence-electron chi connectivity index (χ4n) is 3.13. The largest absolute Gasteiger partial charge is 0.461 e. The number of hydrogen-bond acceptors (Lipinski definition) is 4. The van der Waals surface area contributed by atoms with Gasteiger partial charge in [-0.15, -0.1) is 0 Å². The van der Waals surface area contributed by atoms with Crippen LogP contribution in [-0.4, -0.2) is 24.5 Å². The molecule has 0 spiro atoms. The Kier molecular flexibility index (Phi) is 4.34. The van der Waals surface area contributed by atoms with Crippen molar-refractivity contribution < 1.29 is 14.3 Å². The Morgan fingerprint density at radius 1 is 1.29 bits per heavy atom. The van der Waals surface area contributed by atoms with Gasteiger partial charge in [-0.25, -0.2) is 9.79 Å². The highest BCUT2D eigenvalue weighted by Gasteiger charge is 2.39. The number of nitrogens with zero attached hydrogens (tertiary/aromatic N) is 1. The van der Waals surface area contributed by atoms with Gasteiger partial charge in [0.05, 0.1) is 6.61 Å². The highest BCUT2D eigenvalue weighted by molar-refractivity contribution is 6.38. The number of rotatable bonds is 4. The highest BCUT2D eigenvalue weighted by Crippen LogP contribution is 2.37. The van der Waals surface area contributed by atoms with Crippen molar-refractivity contribution in [2.75, 3.05) is 6.61 Å². The minimum atomic E-state index is -0.393. The normalized spacial score (nSPS) is 25.9. The summed E-state index contributed by atoms with van der Waals surface area (Å²) in [5, 5.41) is 0. The molecule has 1 aliphatic carbocycles. The molecule has 1 aliphatic heterocycles. The SMILES string of the molecule is CCOC(=O)C1=N[C@@H](C2CCCC2)O[C@@H]1c1ccccc1. The molecule has 1 aromatic carbocycles. The van der Waals surface area contributed by atoms with E-state index in [1.165, 1.54) is 12.8 Å².